The number of carboxylic acids is 1. The van der Waals surface area contributed by atoms with Crippen LogP contribution < -0.4 is 24.7 Å². The number of piperazine rings is 1. The molecule has 1 amide bonds. The molecule has 0 spiro atoms. The van der Waals surface area contributed by atoms with Gasteiger partial charge in [0.25, 0.3) is 11.8 Å². The van der Waals surface area contributed by atoms with E-state index in [0.29, 0.717) is 54.3 Å². The van der Waals surface area contributed by atoms with Crippen molar-refractivity contribution < 1.29 is 37.0 Å². The molecule has 2 fully saturated rings. The molecule has 3 aromatic carbocycles. The number of aromatic nitrogens is 3. The van der Waals surface area contributed by atoms with E-state index in [1.807, 2.05) is 23.1 Å². The normalized spacial score (nSPS) is 16.9. The molecule has 1 saturated heterocycles. The molecule has 282 valence electrons. The van der Waals surface area contributed by atoms with E-state index in [4.69, 9.17) is 9.47 Å². The zero-order valence-electron chi connectivity index (χ0n) is 29.7. The molecule has 4 heterocycles. The maximum absolute atomic E-state index is 15.6. The van der Waals surface area contributed by atoms with Crippen molar-refractivity contribution in [2.75, 3.05) is 56.9 Å². The van der Waals surface area contributed by atoms with Crippen molar-refractivity contribution in [3.63, 3.8) is 0 Å². The SMILES string of the molecule is COc1ncnc(S(=O)(=O)c2ccc(N=C3C(=O)N(CN4CCN(c5cc6c(cc5F)c(=O)c(C(=O)O)cn6C5CC5)CC4)c4ccccc43)cc2)c1OC. The number of sulfone groups is 1. The van der Waals surface area contributed by atoms with E-state index in [1.165, 1.54) is 44.7 Å². The molecule has 15 nitrogen and oxygen atoms in total. The standard InChI is InChI=1S/C38H34FN7O8S/c1-53-34-35(54-2)40-20-41-36(34)55(51,52)24-11-7-22(8-12-24)42-32-25-5-3-4-6-29(25)46(37(32)48)21-43-13-15-44(16-14-43)31-18-30-26(17-28(31)39)33(47)27(38(49)50)19-45(30)23-9-10-23/h3-8,11-12,17-20,23H,9-10,13-16,21H2,1-2H3,(H,49,50). The molecular weight excluding hydrogens is 734 g/mol. The maximum atomic E-state index is 15.6. The molecule has 1 N–H and O–H groups in total. The molecule has 0 radical (unpaired) electrons. The first-order chi connectivity index (χ1) is 26.5. The Morgan fingerprint density at radius 2 is 1.69 bits per heavy atom. The molecule has 0 bridgehead atoms. The molecule has 3 aliphatic rings. The fourth-order valence-corrected chi connectivity index (χ4v) is 8.36. The molecule has 5 aromatic rings. The first-order valence-electron chi connectivity index (χ1n) is 17.4. The van der Waals surface area contributed by atoms with Crippen LogP contribution in [0.3, 0.4) is 0 Å². The highest BCUT2D eigenvalue weighted by atomic mass is 32.2. The number of hydrogen-bond donors (Lipinski definition) is 1. The first-order valence-corrected chi connectivity index (χ1v) is 18.9. The third-order valence-corrected chi connectivity index (χ3v) is 11.7. The quantitative estimate of drug-likeness (QED) is 0.202. The summed E-state index contributed by atoms with van der Waals surface area (Å²) in [4.78, 5) is 56.6. The van der Waals surface area contributed by atoms with Gasteiger partial charge in [-0.1, -0.05) is 18.2 Å². The number of pyridine rings is 1. The lowest BCUT2D eigenvalue weighted by atomic mass is 10.1. The largest absolute Gasteiger partial charge is 0.489 e. The Balaban J connectivity index is 0.996. The molecule has 2 aromatic heterocycles. The summed E-state index contributed by atoms with van der Waals surface area (Å²) in [6.45, 7) is 2.14. The smallest absolute Gasteiger partial charge is 0.341 e. The number of fused-ring (bicyclic) bond motifs is 2. The number of carbonyl (C=O) groups is 2. The van der Waals surface area contributed by atoms with E-state index in [0.717, 1.165) is 25.2 Å². The number of halogens is 1. The Morgan fingerprint density at radius 3 is 2.36 bits per heavy atom. The number of nitrogens with zero attached hydrogens (tertiary/aromatic N) is 7. The molecular formula is C38H34FN7O8S. The summed E-state index contributed by atoms with van der Waals surface area (Å²) in [7, 11) is -1.49. The highest BCUT2D eigenvalue weighted by molar-refractivity contribution is 7.91. The highest BCUT2D eigenvalue weighted by Crippen LogP contribution is 2.39. The fourth-order valence-electron chi connectivity index (χ4n) is 7.04. The summed E-state index contributed by atoms with van der Waals surface area (Å²) in [5, 5.41) is 9.26. The number of methoxy groups -OCH3 is 2. The Kier molecular flexibility index (Phi) is 9.05. The van der Waals surface area contributed by atoms with Crippen molar-refractivity contribution in [1.82, 2.24) is 19.4 Å². The minimum absolute atomic E-state index is 0.0250. The number of para-hydroxylation sites is 1. The van der Waals surface area contributed by atoms with Crippen LogP contribution in [0.15, 0.2) is 92.9 Å². The highest BCUT2D eigenvalue weighted by Gasteiger charge is 2.36. The Morgan fingerprint density at radius 1 is 0.964 bits per heavy atom. The lowest BCUT2D eigenvalue weighted by Gasteiger charge is -2.38. The number of carboxylic acid groups (broad SMARTS) is 1. The number of carbonyl (C=O) groups excluding carboxylic acids is 1. The topological polar surface area (TPSA) is 177 Å². The number of benzene rings is 3. The van der Waals surface area contributed by atoms with Gasteiger partial charge in [0.15, 0.2) is 0 Å². The summed E-state index contributed by atoms with van der Waals surface area (Å²) in [6, 6.07) is 15.9. The van der Waals surface area contributed by atoms with Gasteiger partial charge in [-0.25, -0.2) is 27.6 Å². The average molecular weight is 768 g/mol. The molecule has 1 saturated carbocycles. The summed E-state index contributed by atoms with van der Waals surface area (Å²) < 4.78 is 54.6. The van der Waals surface area contributed by atoms with Crippen LogP contribution in [0.4, 0.5) is 21.5 Å². The van der Waals surface area contributed by atoms with Crippen molar-refractivity contribution in [2.45, 2.75) is 28.8 Å². The molecule has 17 heteroatoms. The van der Waals surface area contributed by atoms with E-state index in [9.17, 15) is 27.9 Å². The van der Waals surface area contributed by atoms with Crippen molar-refractivity contribution in [1.29, 1.82) is 0 Å². The predicted octanol–water partition coefficient (Wildman–Crippen LogP) is 4.06. The lowest BCUT2D eigenvalue weighted by Crippen LogP contribution is -2.51. The minimum Gasteiger partial charge on any atom is -0.489 e. The van der Waals surface area contributed by atoms with Gasteiger partial charge >= 0.3 is 5.97 Å². The molecule has 55 heavy (non-hydrogen) atoms. The van der Waals surface area contributed by atoms with Crippen molar-refractivity contribution in [3.8, 4) is 11.6 Å². The lowest BCUT2D eigenvalue weighted by molar-refractivity contribution is -0.112. The summed E-state index contributed by atoms with van der Waals surface area (Å²) >= 11 is 0. The van der Waals surface area contributed by atoms with Gasteiger partial charge in [0.05, 0.1) is 48.4 Å². The number of rotatable bonds is 10. The second kappa shape index (κ2) is 13.9. The van der Waals surface area contributed by atoms with Crippen molar-refractivity contribution >= 4 is 55.4 Å². The zero-order valence-corrected chi connectivity index (χ0v) is 30.5. The van der Waals surface area contributed by atoms with Gasteiger partial charge in [-0.15, -0.1) is 0 Å². The number of aliphatic imine (C=N–C) groups is 1. The van der Waals surface area contributed by atoms with Crippen LogP contribution in [0.2, 0.25) is 0 Å². The summed E-state index contributed by atoms with van der Waals surface area (Å²) in [5.41, 5.74) is 1.63. The van der Waals surface area contributed by atoms with Crippen molar-refractivity contribution in [3.05, 3.63) is 100 Å². The van der Waals surface area contributed by atoms with Gasteiger partial charge in [0.2, 0.25) is 26.0 Å². The minimum atomic E-state index is -4.13. The maximum Gasteiger partial charge on any atom is 0.341 e. The number of amides is 1. The van der Waals surface area contributed by atoms with Crippen LogP contribution in [-0.4, -0.2) is 97.6 Å². The van der Waals surface area contributed by atoms with Crippen LogP contribution in [-0.2, 0) is 14.6 Å². The van der Waals surface area contributed by atoms with Crippen LogP contribution >= 0.6 is 0 Å². The average Bonchev–Trinajstić information content (AvgIpc) is 4.01. The van der Waals surface area contributed by atoms with E-state index < -0.39 is 27.1 Å². The van der Waals surface area contributed by atoms with Crippen LogP contribution in [0.5, 0.6) is 11.6 Å². The van der Waals surface area contributed by atoms with Crippen molar-refractivity contribution in [2.24, 2.45) is 4.99 Å². The molecule has 2 aliphatic heterocycles. The van der Waals surface area contributed by atoms with Crippen LogP contribution in [0.1, 0.15) is 34.8 Å². The van der Waals surface area contributed by atoms with Gasteiger partial charge in [-0.05, 0) is 55.3 Å². The van der Waals surface area contributed by atoms with Gasteiger partial charge < -0.3 is 24.0 Å². The molecule has 0 atom stereocenters. The number of anilines is 2. The van der Waals surface area contributed by atoms with Gasteiger partial charge in [0, 0.05) is 49.4 Å². The second-order valence-corrected chi connectivity index (χ2v) is 15.2. The van der Waals surface area contributed by atoms with Gasteiger partial charge in [0.1, 0.15) is 23.4 Å². The second-order valence-electron chi connectivity index (χ2n) is 13.3. The predicted molar refractivity (Wildman–Crippen MR) is 199 cm³/mol. The Hall–Kier alpha value is -6.20. The molecule has 0 unspecified atom stereocenters. The summed E-state index contributed by atoms with van der Waals surface area (Å²) in [5.74, 6) is -2.42. The van der Waals surface area contributed by atoms with Crippen LogP contribution in [0, 0.1) is 5.82 Å². The molecule has 1 aliphatic carbocycles. The number of ether oxygens (including phenoxy) is 2. The van der Waals surface area contributed by atoms with Gasteiger partial charge in [-0.3, -0.25) is 19.4 Å². The molecule has 8 rings (SSSR count). The Labute approximate surface area is 313 Å². The third-order valence-electron chi connectivity index (χ3n) is 10.0. The van der Waals surface area contributed by atoms with E-state index in [1.54, 1.807) is 21.6 Å². The van der Waals surface area contributed by atoms with E-state index in [2.05, 4.69) is 19.9 Å². The zero-order chi connectivity index (χ0) is 38.6. The third kappa shape index (κ3) is 6.34. The van der Waals surface area contributed by atoms with Crippen LogP contribution in [0.25, 0.3) is 10.9 Å². The van der Waals surface area contributed by atoms with Gasteiger partial charge in [-0.2, -0.15) is 4.98 Å². The number of hydrogen-bond acceptors (Lipinski definition) is 12. The first kappa shape index (κ1) is 35.8. The fraction of sp³-hybridized carbons (Fsp3) is 0.263. The summed E-state index contributed by atoms with van der Waals surface area (Å²) in [6.07, 6.45) is 4.13. The monoisotopic (exact) mass is 767 g/mol. The van der Waals surface area contributed by atoms with E-state index in [-0.39, 0.29) is 56.8 Å². The Bertz CT molecular complexity index is 2580. The number of aromatic carboxylic acids is 1. The van der Waals surface area contributed by atoms with E-state index >= 15 is 4.39 Å².